The number of aryl methyl sites for hydroxylation is 1. The molecule has 0 saturated heterocycles. The highest BCUT2D eigenvalue weighted by Crippen LogP contribution is 2.12. The summed E-state index contributed by atoms with van der Waals surface area (Å²) >= 11 is 5.96. The highest BCUT2D eigenvalue weighted by Gasteiger charge is 2.11. The molecule has 0 bridgehead atoms. The van der Waals surface area contributed by atoms with Crippen LogP contribution in [0.25, 0.3) is 0 Å². The van der Waals surface area contributed by atoms with E-state index >= 15 is 0 Å². The van der Waals surface area contributed by atoms with Gasteiger partial charge < -0.3 is 5.32 Å². The second-order valence-corrected chi connectivity index (χ2v) is 5.55. The molecule has 0 radical (unpaired) electrons. The maximum atomic E-state index is 12.1. The van der Waals surface area contributed by atoms with E-state index in [0.717, 1.165) is 24.0 Å². The average molecular weight is 303 g/mol. The number of amides is 1. The third-order valence-electron chi connectivity index (χ3n) is 3.27. The lowest BCUT2D eigenvalue weighted by Gasteiger charge is -2.14. The molecule has 0 aliphatic heterocycles. The number of nitrogens with zero attached hydrogens (tertiary/aromatic N) is 1. The highest BCUT2D eigenvalue weighted by molar-refractivity contribution is 6.30. The first-order valence-electron chi connectivity index (χ1n) is 7.08. The first-order chi connectivity index (χ1) is 10.1. The van der Waals surface area contributed by atoms with E-state index in [2.05, 4.69) is 17.2 Å². The van der Waals surface area contributed by atoms with E-state index in [1.807, 2.05) is 37.3 Å². The van der Waals surface area contributed by atoms with Crippen LogP contribution in [-0.2, 0) is 12.8 Å². The van der Waals surface area contributed by atoms with Crippen LogP contribution in [0.2, 0.25) is 5.02 Å². The Labute approximate surface area is 130 Å². The molecule has 1 unspecified atom stereocenters. The molecule has 2 aromatic rings. The molecule has 1 aromatic carbocycles. The average Bonchev–Trinajstić information content (AvgIpc) is 2.47. The topological polar surface area (TPSA) is 42.0 Å². The third kappa shape index (κ3) is 4.57. The van der Waals surface area contributed by atoms with Crippen LogP contribution in [0.3, 0.4) is 0 Å². The summed E-state index contributed by atoms with van der Waals surface area (Å²) in [6.07, 6.45) is 3.40. The largest absolute Gasteiger partial charge is 0.348 e. The number of carbonyl (C=O) groups excluding carboxylic acids is 1. The number of hydrogen-bond acceptors (Lipinski definition) is 2. The van der Waals surface area contributed by atoms with Gasteiger partial charge in [0.15, 0.2) is 0 Å². The lowest BCUT2D eigenvalue weighted by atomic mass is 10.1. The van der Waals surface area contributed by atoms with E-state index in [4.69, 9.17) is 11.6 Å². The molecule has 21 heavy (non-hydrogen) atoms. The van der Waals surface area contributed by atoms with Crippen molar-refractivity contribution in [1.29, 1.82) is 0 Å². The van der Waals surface area contributed by atoms with Crippen molar-refractivity contribution in [2.24, 2.45) is 0 Å². The predicted molar refractivity (Wildman–Crippen MR) is 85.7 cm³/mol. The molecule has 1 atom stereocenters. The third-order valence-corrected chi connectivity index (χ3v) is 3.51. The fourth-order valence-electron chi connectivity index (χ4n) is 2.13. The van der Waals surface area contributed by atoms with E-state index in [-0.39, 0.29) is 11.9 Å². The van der Waals surface area contributed by atoms with E-state index in [1.54, 1.807) is 12.3 Å². The van der Waals surface area contributed by atoms with Crippen LogP contribution in [0.1, 0.15) is 35.5 Å². The van der Waals surface area contributed by atoms with E-state index < -0.39 is 0 Å². The Bertz CT molecular complexity index is 610. The standard InChI is InChI=1S/C17H19ClN2O/c1-3-13-7-8-16(19-11-13)17(21)20-12(2)9-14-5-4-6-15(18)10-14/h4-8,10-12H,3,9H2,1-2H3,(H,20,21). The van der Waals surface area contributed by atoms with Gasteiger partial charge in [0.1, 0.15) is 5.69 Å². The molecule has 3 nitrogen and oxygen atoms in total. The van der Waals surface area contributed by atoms with Gasteiger partial charge in [-0.25, -0.2) is 0 Å². The van der Waals surface area contributed by atoms with Gasteiger partial charge in [0.25, 0.3) is 5.91 Å². The quantitative estimate of drug-likeness (QED) is 0.916. The Kier molecular flexibility index (Phi) is 5.34. The first kappa shape index (κ1) is 15.5. The summed E-state index contributed by atoms with van der Waals surface area (Å²) in [6.45, 7) is 4.03. The smallest absolute Gasteiger partial charge is 0.270 e. The minimum Gasteiger partial charge on any atom is -0.348 e. The summed E-state index contributed by atoms with van der Waals surface area (Å²) in [5.41, 5.74) is 2.67. The van der Waals surface area contributed by atoms with Gasteiger partial charge >= 0.3 is 0 Å². The van der Waals surface area contributed by atoms with Crippen LogP contribution in [0.4, 0.5) is 0 Å². The minimum atomic E-state index is -0.146. The molecule has 0 aliphatic rings. The number of hydrogen-bond donors (Lipinski definition) is 1. The van der Waals surface area contributed by atoms with Gasteiger partial charge in [-0.2, -0.15) is 0 Å². The zero-order chi connectivity index (χ0) is 15.2. The Morgan fingerprint density at radius 2 is 2.10 bits per heavy atom. The summed E-state index contributed by atoms with van der Waals surface area (Å²) in [7, 11) is 0. The predicted octanol–water partition coefficient (Wildman–Crippen LogP) is 3.66. The van der Waals surface area contributed by atoms with Crippen LogP contribution in [0.15, 0.2) is 42.6 Å². The molecule has 0 spiro atoms. The van der Waals surface area contributed by atoms with Crippen LogP contribution in [0, 0.1) is 0 Å². The molecule has 4 heteroatoms. The molecule has 2 rings (SSSR count). The monoisotopic (exact) mass is 302 g/mol. The first-order valence-corrected chi connectivity index (χ1v) is 7.46. The van der Waals surface area contributed by atoms with Gasteiger partial charge in [-0.15, -0.1) is 0 Å². The van der Waals surface area contributed by atoms with Gasteiger partial charge in [-0.3, -0.25) is 9.78 Å². The zero-order valence-electron chi connectivity index (χ0n) is 12.3. The van der Waals surface area contributed by atoms with Gasteiger partial charge in [-0.05, 0) is 49.1 Å². The second-order valence-electron chi connectivity index (χ2n) is 5.11. The van der Waals surface area contributed by atoms with E-state index in [1.165, 1.54) is 0 Å². The van der Waals surface area contributed by atoms with Gasteiger partial charge in [0.2, 0.25) is 0 Å². The number of rotatable bonds is 5. The molecular formula is C17H19ClN2O. The SMILES string of the molecule is CCc1ccc(C(=O)NC(C)Cc2cccc(Cl)c2)nc1. The lowest BCUT2D eigenvalue weighted by molar-refractivity contribution is 0.0935. The molecule has 0 aliphatic carbocycles. The van der Waals surface area contributed by atoms with Crippen molar-refractivity contribution in [3.63, 3.8) is 0 Å². The Hall–Kier alpha value is -1.87. The fourth-order valence-corrected chi connectivity index (χ4v) is 2.35. The highest BCUT2D eigenvalue weighted by atomic mass is 35.5. The number of carbonyl (C=O) groups is 1. The lowest BCUT2D eigenvalue weighted by Crippen LogP contribution is -2.34. The summed E-state index contributed by atoms with van der Waals surface area (Å²) in [6, 6.07) is 11.4. The minimum absolute atomic E-state index is 0.0172. The maximum Gasteiger partial charge on any atom is 0.270 e. The number of nitrogens with one attached hydrogen (secondary N) is 1. The van der Waals surface area contributed by atoms with E-state index in [0.29, 0.717) is 10.7 Å². The molecule has 1 heterocycles. The molecule has 0 saturated carbocycles. The Morgan fingerprint density at radius 1 is 1.29 bits per heavy atom. The Morgan fingerprint density at radius 3 is 2.71 bits per heavy atom. The number of aromatic nitrogens is 1. The van der Waals surface area contributed by atoms with Crippen LogP contribution in [0.5, 0.6) is 0 Å². The van der Waals surface area contributed by atoms with Crippen molar-refractivity contribution in [2.75, 3.05) is 0 Å². The van der Waals surface area contributed by atoms with E-state index in [9.17, 15) is 4.79 Å². The van der Waals surface area contributed by atoms with Gasteiger partial charge in [0, 0.05) is 17.3 Å². The molecule has 0 fully saturated rings. The summed E-state index contributed by atoms with van der Waals surface area (Å²) in [5, 5.41) is 3.67. The van der Waals surface area contributed by atoms with Crippen LogP contribution < -0.4 is 5.32 Å². The van der Waals surface area contributed by atoms with Crippen LogP contribution in [-0.4, -0.2) is 16.9 Å². The zero-order valence-corrected chi connectivity index (χ0v) is 13.0. The van der Waals surface area contributed by atoms with Crippen molar-refractivity contribution in [2.45, 2.75) is 32.7 Å². The summed E-state index contributed by atoms with van der Waals surface area (Å²) in [5.74, 6) is -0.146. The summed E-state index contributed by atoms with van der Waals surface area (Å²) in [4.78, 5) is 16.3. The molecule has 1 N–H and O–H groups in total. The van der Waals surface area contributed by atoms with Gasteiger partial charge in [0.05, 0.1) is 0 Å². The second kappa shape index (κ2) is 7.23. The molecular weight excluding hydrogens is 284 g/mol. The maximum absolute atomic E-state index is 12.1. The fraction of sp³-hybridized carbons (Fsp3) is 0.294. The summed E-state index contributed by atoms with van der Waals surface area (Å²) < 4.78 is 0. The van der Waals surface area contributed by atoms with Crippen molar-refractivity contribution < 1.29 is 4.79 Å². The van der Waals surface area contributed by atoms with Crippen molar-refractivity contribution in [3.8, 4) is 0 Å². The van der Waals surface area contributed by atoms with Crippen molar-refractivity contribution in [1.82, 2.24) is 10.3 Å². The molecule has 1 amide bonds. The van der Waals surface area contributed by atoms with Crippen molar-refractivity contribution >= 4 is 17.5 Å². The van der Waals surface area contributed by atoms with Crippen molar-refractivity contribution in [3.05, 3.63) is 64.4 Å². The molecule has 1 aromatic heterocycles. The number of halogens is 1. The number of pyridine rings is 1. The molecule has 110 valence electrons. The van der Waals surface area contributed by atoms with Crippen LogP contribution >= 0.6 is 11.6 Å². The van der Waals surface area contributed by atoms with Gasteiger partial charge in [-0.1, -0.05) is 36.7 Å². The normalized spacial score (nSPS) is 12.0. The number of benzene rings is 1. The Balaban J connectivity index is 1.95.